The third kappa shape index (κ3) is 10.8. The molecular formula is C44H45N3O6. The van der Waals surface area contributed by atoms with Gasteiger partial charge in [-0.1, -0.05) is 109 Å². The van der Waals surface area contributed by atoms with Gasteiger partial charge in [0.2, 0.25) is 5.90 Å². The van der Waals surface area contributed by atoms with Gasteiger partial charge in [0.1, 0.15) is 25.6 Å². The Kier molecular flexibility index (Phi) is 13.3. The minimum Gasteiger partial charge on any atom is -0.494 e. The van der Waals surface area contributed by atoms with E-state index in [1.807, 2.05) is 146 Å². The van der Waals surface area contributed by atoms with E-state index < -0.39 is 5.54 Å². The first-order valence-electron chi connectivity index (χ1n) is 17.9. The number of hydrogen-bond acceptors (Lipinski definition) is 8. The maximum absolute atomic E-state index is 13.8. The van der Waals surface area contributed by atoms with Crippen molar-refractivity contribution in [3.63, 3.8) is 0 Å². The number of nitrogens with one attached hydrogen (secondary N) is 2. The zero-order valence-corrected chi connectivity index (χ0v) is 29.7. The van der Waals surface area contributed by atoms with Gasteiger partial charge < -0.3 is 24.1 Å². The molecule has 0 spiro atoms. The largest absolute Gasteiger partial charge is 0.494 e. The first kappa shape index (κ1) is 36.9. The van der Waals surface area contributed by atoms with Crippen molar-refractivity contribution < 1.29 is 28.8 Å². The molecule has 0 fully saturated rings. The van der Waals surface area contributed by atoms with Crippen LogP contribution in [0.5, 0.6) is 17.2 Å². The average Bonchev–Trinajstić information content (AvgIpc) is 3.65. The van der Waals surface area contributed by atoms with Gasteiger partial charge >= 0.3 is 0 Å². The quantitative estimate of drug-likeness (QED) is 0.0620. The maximum Gasteiger partial charge on any atom is 0.266 e. The second-order valence-electron chi connectivity index (χ2n) is 12.7. The fourth-order valence-corrected chi connectivity index (χ4v) is 5.69. The number of hydrogen-bond donors (Lipinski definition) is 3. The molecule has 9 nitrogen and oxygen atoms in total. The molecule has 1 amide bonds. The molecule has 1 aliphatic rings. The molecule has 6 rings (SSSR count). The molecule has 0 unspecified atom stereocenters. The van der Waals surface area contributed by atoms with Crippen LogP contribution in [0.4, 0.5) is 0 Å². The molecule has 0 aromatic heterocycles. The number of ether oxygens (including phenoxy) is 4. The Balaban J connectivity index is 1.10. The van der Waals surface area contributed by atoms with Crippen molar-refractivity contribution in [2.75, 3.05) is 26.4 Å². The molecule has 272 valence electrons. The Morgan fingerprint density at radius 2 is 1.43 bits per heavy atom. The van der Waals surface area contributed by atoms with Crippen molar-refractivity contribution in [2.24, 2.45) is 4.99 Å². The number of aliphatic hydroxyl groups excluding tert-OH is 1. The molecule has 0 saturated heterocycles. The highest BCUT2D eigenvalue weighted by molar-refractivity contribution is 6.00. The van der Waals surface area contributed by atoms with Crippen molar-refractivity contribution in [3.8, 4) is 17.2 Å². The number of carbonyl (C=O) groups is 1. The van der Waals surface area contributed by atoms with Crippen LogP contribution in [0.2, 0.25) is 0 Å². The summed E-state index contributed by atoms with van der Waals surface area (Å²) in [4.78, 5) is 18.7. The maximum atomic E-state index is 13.8. The monoisotopic (exact) mass is 711 g/mol. The summed E-state index contributed by atoms with van der Waals surface area (Å²) in [5.74, 6) is 2.12. The Bertz CT molecular complexity index is 1940. The molecule has 3 N–H and O–H groups in total. The normalized spacial score (nSPS) is 15.1. The zero-order valence-electron chi connectivity index (χ0n) is 29.7. The summed E-state index contributed by atoms with van der Waals surface area (Å²) in [5, 5.41) is 9.03. The lowest BCUT2D eigenvalue weighted by atomic mass is 9.95. The third-order valence-corrected chi connectivity index (χ3v) is 8.65. The van der Waals surface area contributed by atoms with E-state index in [4.69, 9.17) is 29.0 Å². The van der Waals surface area contributed by atoms with Crippen LogP contribution in [0.15, 0.2) is 145 Å². The van der Waals surface area contributed by atoms with E-state index in [1.54, 1.807) is 0 Å². The lowest BCUT2D eigenvalue weighted by molar-refractivity contribution is -0.127. The molecular weight excluding hydrogens is 666 g/mol. The Morgan fingerprint density at radius 1 is 0.774 bits per heavy atom. The number of aliphatic hydroxyl groups is 1. The second kappa shape index (κ2) is 19.1. The number of nitrogens with zero attached hydrogens (tertiary/aromatic N) is 1. The predicted octanol–water partition coefficient (Wildman–Crippen LogP) is 7.09. The van der Waals surface area contributed by atoms with Crippen LogP contribution in [0.25, 0.3) is 6.08 Å². The highest BCUT2D eigenvalue weighted by atomic mass is 16.5. The summed E-state index contributed by atoms with van der Waals surface area (Å²) in [5.41, 5.74) is 9.78. The van der Waals surface area contributed by atoms with Gasteiger partial charge in [-0.15, -0.1) is 0 Å². The standard InChI is InChI=1S/C44H45N3O6/c48-28-11-29-50-39-22-20-38(21-23-39)42-46-44(33-53-42,26-10-18-34-12-4-1-5-13-34)43(49)47-45-27-25-35-19-24-40(51-31-36-14-6-2-7-15-36)41(30-35)52-32-37-16-8-3-9-17-37/h1-10,12-24,30,45,48H,11,25-29,31-33H2,(H,47,49)/b18-10+/t44-/m0/s1. The number of benzene rings is 5. The Morgan fingerprint density at radius 3 is 2.11 bits per heavy atom. The van der Waals surface area contributed by atoms with Crippen LogP contribution in [0, 0.1) is 0 Å². The van der Waals surface area contributed by atoms with Crippen molar-refractivity contribution >= 4 is 17.9 Å². The van der Waals surface area contributed by atoms with E-state index >= 15 is 0 Å². The van der Waals surface area contributed by atoms with Gasteiger partial charge in [-0.2, -0.15) is 0 Å². The SMILES string of the molecule is O=C(NNCCc1ccc(OCc2ccccc2)c(OCc2ccccc2)c1)[C@]1(C/C=C/c2ccccc2)COC(c2ccc(OCCCO)cc2)=N1. The highest BCUT2D eigenvalue weighted by Crippen LogP contribution is 2.31. The lowest BCUT2D eigenvalue weighted by Gasteiger charge is -2.22. The first-order chi connectivity index (χ1) is 26.1. The van der Waals surface area contributed by atoms with Crippen LogP contribution in [-0.2, 0) is 29.2 Å². The van der Waals surface area contributed by atoms with Crippen molar-refractivity contribution in [1.29, 1.82) is 0 Å². The predicted molar refractivity (Wildman–Crippen MR) is 207 cm³/mol. The van der Waals surface area contributed by atoms with E-state index in [1.165, 1.54) is 0 Å². The van der Waals surface area contributed by atoms with Crippen molar-refractivity contribution in [3.05, 3.63) is 167 Å². The summed E-state index contributed by atoms with van der Waals surface area (Å²) in [6.45, 7) is 1.90. The van der Waals surface area contributed by atoms with Crippen molar-refractivity contribution in [1.82, 2.24) is 10.9 Å². The van der Waals surface area contributed by atoms with Gasteiger partial charge in [0.05, 0.1) is 6.61 Å². The van der Waals surface area contributed by atoms with Gasteiger partial charge in [0.25, 0.3) is 5.91 Å². The van der Waals surface area contributed by atoms with Crippen LogP contribution in [0.3, 0.4) is 0 Å². The second-order valence-corrected chi connectivity index (χ2v) is 12.7. The number of carbonyl (C=O) groups excluding carboxylic acids is 1. The number of aliphatic imine (C=N–C) groups is 1. The lowest BCUT2D eigenvalue weighted by Crippen LogP contribution is -2.51. The first-order valence-corrected chi connectivity index (χ1v) is 17.9. The van der Waals surface area contributed by atoms with Gasteiger partial charge in [-0.25, -0.2) is 10.4 Å². The van der Waals surface area contributed by atoms with E-state index in [9.17, 15) is 4.79 Å². The molecule has 0 radical (unpaired) electrons. The van der Waals surface area contributed by atoms with E-state index in [-0.39, 0.29) is 19.1 Å². The van der Waals surface area contributed by atoms with Crippen LogP contribution in [0.1, 0.15) is 40.7 Å². The van der Waals surface area contributed by atoms with Gasteiger partial charge in [0.15, 0.2) is 17.0 Å². The fourth-order valence-electron chi connectivity index (χ4n) is 5.69. The molecule has 5 aromatic rings. The van der Waals surface area contributed by atoms with Crippen molar-refractivity contribution in [2.45, 2.75) is 38.0 Å². The number of rotatable bonds is 19. The van der Waals surface area contributed by atoms with E-state index in [0.29, 0.717) is 68.8 Å². The molecule has 0 bridgehead atoms. The van der Waals surface area contributed by atoms with Gasteiger partial charge in [-0.05, 0) is 65.1 Å². The smallest absolute Gasteiger partial charge is 0.266 e. The number of hydrazine groups is 1. The van der Waals surface area contributed by atoms with Gasteiger partial charge in [0, 0.05) is 31.6 Å². The van der Waals surface area contributed by atoms with Crippen LogP contribution >= 0.6 is 0 Å². The minimum atomic E-state index is -1.17. The average molecular weight is 712 g/mol. The molecule has 9 heteroatoms. The summed E-state index contributed by atoms with van der Waals surface area (Å²) in [6.07, 6.45) is 5.47. The van der Waals surface area contributed by atoms with E-state index in [0.717, 1.165) is 27.8 Å². The number of amides is 1. The highest BCUT2D eigenvalue weighted by Gasteiger charge is 2.43. The third-order valence-electron chi connectivity index (χ3n) is 8.65. The topological polar surface area (TPSA) is 111 Å². The molecule has 53 heavy (non-hydrogen) atoms. The fraction of sp³-hybridized carbons (Fsp3) is 0.227. The summed E-state index contributed by atoms with van der Waals surface area (Å²) in [6, 6.07) is 43.3. The van der Waals surface area contributed by atoms with Crippen LogP contribution < -0.4 is 25.1 Å². The summed E-state index contributed by atoms with van der Waals surface area (Å²) >= 11 is 0. The van der Waals surface area contributed by atoms with Crippen LogP contribution in [-0.4, -0.2) is 48.8 Å². The molecule has 5 aromatic carbocycles. The molecule has 1 aliphatic heterocycles. The van der Waals surface area contributed by atoms with Gasteiger partial charge in [-0.3, -0.25) is 10.2 Å². The molecule has 0 saturated carbocycles. The Hall–Kier alpha value is -5.90. The minimum absolute atomic E-state index is 0.0730. The zero-order chi connectivity index (χ0) is 36.6. The molecule has 0 aliphatic carbocycles. The van der Waals surface area contributed by atoms with E-state index in [2.05, 4.69) is 10.9 Å². The summed E-state index contributed by atoms with van der Waals surface area (Å²) < 4.78 is 24.1. The Labute approximate surface area is 310 Å². The molecule has 1 heterocycles. The summed E-state index contributed by atoms with van der Waals surface area (Å²) in [7, 11) is 0. The molecule has 1 atom stereocenters.